The third-order valence-corrected chi connectivity index (χ3v) is 4.74. The van der Waals surface area contributed by atoms with Crippen molar-refractivity contribution in [3.8, 4) is 17.2 Å². The second-order valence-corrected chi connectivity index (χ2v) is 6.12. The van der Waals surface area contributed by atoms with E-state index < -0.39 is 0 Å². The van der Waals surface area contributed by atoms with Crippen molar-refractivity contribution < 1.29 is 14.2 Å². The Morgan fingerprint density at radius 3 is 2.57 bits per heavy atom. The predicted molar refractivity (Wildman–Crippen MR) is 81.2 cm³/mol. The summed E-state index contributed by atoms with van der Waals surface area (Å²) in [5.74, 6) is 2.11. The maximum Gasteiger partial charge on any atom is 0.203 e. The molecule has 0 radical (unpaired) electrons. The van der Waals surface area contributed by atoms with Crippen molar-refractivity contribution in [1.82, 2.24) is 4.90 Å². The quantitative estimate of drug-likeness (QED) is 0.903. The fourth-order valence-electron chi connectivity index (χ4n) is 3.41. The van der Waals surface area contributed by atoms with Crippen molar-refractivity contribution in [2.75, 3.05) is 34.4 Å². The SMILES string of the molecule is COc1ccc2c(c1OC)OC1(CCN(C)CC1)CC2N. The Bertz CT molecular complexity index is 524. The second kappa shape index (κ2) is 5.39. The number of methoxy groups -OCH3 is 2. The molecule has 1 aromatic rings. The third kappa shape index (κ3) is 2.45. The summed E-state index contributed by atoms with van der Waals surface area (Å²) in [4.78, 5) is 2.33. The number of nitrogens with two attached hydrogens (primary N) is 1. The summed E-state index contributed by atoms with van der Waals surface area (Å²) in [6.45, 7) is 2.07. The first-order chi connectivity index (χ1) is 10.1. The Balaban J connectivity index is 1.99. The predicted octanol–water partition coefficient (Wildman–Crippen LogP) is 1.95. The molecule has 0 bridgehead atoms. The summed E-state index contributed by atoms with van der Waals surface area (Å²) in [6, 6.07) is 3.87. The zero-order valence-electron chi connectivity index (χ0n) is 13.0. The fraction of sp³-hybridized carbons (Fsp3) is 0.625. The van der Waals surface area contributed by atoms with E-state index >= 15 is 0 Å². The van der Waals surface area contributed by atoms with E-state index in [1.54, 1.807) is 14.2 Å². The van der Waals surface area contributed by atoms with Gasteiger partial charge < -0.3 is 24.8 Å². The highest BCUT2D eigenvalue weighted by Crippen LogP contribution is 2.50. The average molecular weight is 292 g/mol. The van der Waals surface area contributed by atoms with Gasteiger partial charge in [0, 0.05) is 31.1 Å². The molecule has 116 valence electrons. The zero-order chi connectivity index (χ0) is 15.0. The minimum Gasteiger partial charge on any atom is -0.493 e. The van der Waals surface area contributed by atoms with E-state index in [2.05, 4.69) is 11.9 Å². The van der Waals surface area contributed by atoms with Crippen LogP contribution in [-0.4, -0.2) is 44.9 Å². The van der Waals surface area contributed by atoms with Gasteiger partial charge in [-0.2, -0.15) is 0 Å². The van der Waals surface area contributed by atoms with Gasteiger partial charge in [-0.1, -0.05) is 0 Å². The first-order valence-electron chi connectivity index (χ1n) is 7.46. The smallest absolute Gasteiger partial charge is 0.203 e. The molecule has 5 heteroatoms. The lowest BCUT2D eigenvalue weighted by Crippen LogP contribution is -2.50. The highest BCUT2D eigenvalue weighted by Gasteiger charge is 2.43. The number of hydrogen-bond acceptors (Lipinski definition) is 5. The summed E-state index contributed by atoms with van der Waals surface area (Å²) in [5, 5.41) is 0. The van der Waals surface area contributed by atoms with Crippen LogP contribution in [0.5, 0.6) is 17.2 Å². The second-order valence-electron chi connectivity index (χ2n) is 6.12. The standard InChI is InChI=1S/C16H24N2O3/c1-18-8-6-16(7-9-18)10-12(17)11-4-5-13(19-2)15(20-3)14(11)21-16/h4-5,12H,6-10,17H2,1-3H3. The number of nitrogens with zero attached hydrogens (tertiary/aromatic N) is 1. The van der Waals surface area contributed by atoms with E-state index in [0.29, 0.717) is 11.5 Å². The van der Waals surface area contributed by atoms with Gasteiger partial charge in [-0.15, -0.1) is 0 Å². The largest absolute Gasteiger partial charge is 0.493 e. The van der Waals surface area contributed by atoms with Crippen LogP contribution < -0.4 is 19.9 Å². The van der Waals surface area contributed by atoms with Crippen LogP contribution in [-0.2, 0) is 0 Å². The topological polar surface area (TPSA) is 57.0 Å². The van der Waals surface area contributed by atoms with Gasteiger partial charge in [-0.3, -0.25) is 0 Å². The molecule has 3 rings (SSSR count). The Kier molecular flexibility index (Phi) is 3.71. The first kappa shape index (κ1) is 14.5. The van der Waals surface area contributed by atoms with Gasteiger partial charge in [0.2, 0.25) is 5.75 Å². The average Bonchev–Trinajstić information content (AvgIpc) is 2.49. The van der Waals surface area contributed by atoms with Crippen LogP contribution in [0, 0.1) is 0 Å². The van der Waals surface area contributed by atoms with Gasteiger partial charge in [0.15, 0.2) is 11.5 Å². The molecule has 1 fully saturated rings. The van der Waals surface area contributed by atoms with E-state index in [1.165, 1.54) is 0 Å². The number of piperidine rings is 1. The van der Waals surface area contributed by atoms with Gasteiger partial charge in [0.05, 0.1) is 14.2 Å². The molecule has 2 heterocycles. The molecular weight excluding hydrogens is 268 g/mol. The highest BCUT2D eigenvalue weighted by atomic mass is 16.5. The molecule has 0 amide bonds. The van der Waals surface area contributed by atoms with Crippen LogP contribution in [0.3, 0.4) is 0 Å². The number of fused-ring (bicyclic) bond motifs is 1. The van der Waals surface area contributed by atoms with Gasteiger partial charge in [-0.25, -0.2) is 0 Å². The summed E-state index contributed by atoms with van der Waals surface area (Å²) >= 11 is 0. The summed E-state index contributed by atoms with van der Waals surface area (Å²) in [5.41, 5.74) is 7.25. The summed E-state index contributed by atoms with van der Waals surface area (Å²) in [6.07, 6.45) is 2.86. The Morgan fingerprint density at radius 1 is 1.24 bits per heavy atom. The monoisotopic (exact) mass is 292 g/mol. The van der Waals surface area contributed by atoms with Crippen LogP contribution >= 0.6 is 0 Å². The van der Waals surface area contributed by atoms with E-state index in [0.717, 1.165) is 43.7 Å². The van der Waals surface area contributed by atoms with E-state index in [-0.39, 0.29) is 11.6 Å². The molecule has 2 aliphatic rings. The van der Waals surface area contributed by atoms with Gasteiger partial charge in [-0.05, 0) is 32.0 Å². The lowest BCUT2D eigenvalue weighted by atomic mass is 9.81. The molecule has 1 unspecified atom stereocenters. The lowest BCUT2D eigenvalue weighted by Gasteiger charge is -2.45. The van der Waals surface area contributed by atoms with Crippen LogP contribution in [0.15, 0.2) is 12.1 Å². The third-order valence-electron chi connectivity index (χ3n) is 4.74. The van der Waals surface area contributed by atoms with Crippen LogP contribution in [0.4, 0.5) is 0 Å². The van der Waals surface area contributed by atoms with Crippen molar-refractivity contribution in [1.29, 1.82) is 0 Å². The van der Waals surface area contributed by atoms with Gasteiger partial charge in [0.1, 0.15) is 5.60 Å². The van der Waals surface area contributed by atoms with Crippen LogP contribution in [0.1, 0.15) is 30.9 Å². The number of rotatable bonds is 2. The lowest BCUT2D eigenvalue weighted by molar-refractivity contribution is -0.0184. The van der Waals surface area contributed by atoms with Crippen molar-refractivity contribution in [3.63, 3.8) is 0 Å². The molecule has 2 N–H and O–H groups in total. The zero-order valence-corrected chi connectivity index (χ0v) is 13.0. The van der Waals surface area contributed by atoms with Gasteiger partial charge >= 0.3 is 0 Å². The molecule has 5 nitrogen and oxygen atoms in total. The fourth-order valence-corrected chi connectivity index (χ4v) is 3.41. The number of benzene rings is 1. The van der Waals surface area contributed by atoms with Crippen LogP contribution in [0.25, 0.3) is 0 Å². The number of hydrogen-bond donors (Lipinski definition) is 1. The van der Waals surface area contributed by atoms with Crippen molar-refractivity contribution in [3.05, 3.63) is 17.7 Å². The van der Waals surface area contributed by atoms with E-state index in [1.807, 2.05) is 12.1 Å². The minimum atomic E-state index is -0.168. The normalized spacial score (nSPS) is 24.3. The molecule has 1 saturated heterocycles. The molecular formula is C16H24N2O3. The molecule has 0 saturated carbocycles. The number of likely N-dealkylation sites (tertiary alicyclic amines) is 1. The minimum absolute atomic E-state index is 0.0167. The molecule has 1 aromatic carbocycles. The molecule has 21 heavy (non-hydrogen) atoms. The van der Waals surface area contributed by atoms with E-state index in [9.17, 15) is 0 Å². The summed E-state index contributed by atoms with van der Waals surface area (Å²) in [7, 11) is 5.43. The molecule has 0 aromatic heterocycles. The van der Waals surface area contributed by atoms with Crippen molar-refractivity contribution in [2.45, 2.75) is 30.9 Å². The maximum absolute atomic E-state index is 6.43. The highest BCUT2D eigenvalue weighted by molar-refractivity contribution is 5.57. The first-order valence-corrected chi connectivity index (χ1v) is 7.46. The Labute approximate surface area is 126 Å². The van der Waals surface area contributed by atoms with E-state index in [4.69, 9.17) is 19.9 Å². The van der Waals surface area contributed by atoms with Gasteiger partial charge in [0.25, 0.3) is 0 Å². The molecule has 2 aliphatic heterocycles. The molecule has 1 spiro atoms. The molecule has 1 atom stereocenters. The molecule has 0 aliphatic carbocycles. The summed E-state index contributed by atoms with van der Waals surface area (Å²) < 4.78 is 17.3. The Hall–Kier alpha value is -1.46. The Morgan fingerprint density at radius 2 is 1.95 bits per heavy atom. The van der Waals surface area contributed by atoms with Crippen LogP contribution in [0.2, 0.25) is 0 Å². The van der Waals surface area contributed by atoms with Crippen molar-refractivity contribution in [2.24, 2.45) is 5.73 Å². The number of ether oxygens (including phenoxy) is 3. The van der Waals surface area contributed by atoms with Crippen molar-refractivity contribution >= 4 is 0 Å². The maximum atomic E-state index is 6.43.